The van der Waals surface area contributed by atoms with Crippen molar-refractivity contribution in [1.82, 2.24) is 9.80 Å². The van der Waals surface area contributed by atoms with E-state index in [0.29, 0.717) is 32.3 Å². The molecule has 7 heteroatoms. The van der Waals surface area contributed by atoms with E-state index in [-0.39, 0.29) is 30.6 Å². The summed E-state index contributed by atoms with van der Waals surface area (Å²) >= 11 is 0. The van der Waals surface area contributed by atoms with Crippen molar-refractivity contribution in [3.05, 3.63) is 0 Å². The second-order valence-electron chi connectivity index (χ2n) is 6.05. The summed E-state index contributed by atoms with van der Waals surface area (Å²) in [6.07, 6.45) is 1.84. The van der Waals surface area contributed by atoms with Crippen LogP contribution in [0, 0.1) is 5.92 Å². The van der Waals surface area contributed by atoms with Crippen LogP contribution >= 0.6 is 0 Å². The highest BCUT2D eigenvalue weighted by Gasteiger charge is 2.43. The van der Waals surface area contributed by atoms with Gasteiger partial charge in [0.2, 0.25) is 11.8 Å². The minimum Gasteiger partial charge on any atom is -0.481 e. The average molecular weight is 296 g/mol. The van der Waals surface area contributed by atoms with E-state index in [2.05, 4.69) is 0 Å². The van der Waals surface area contributed by atoms with Gasteiger partial charge < -0.3 is 19.6 Å². The van der Waals surface area contributed by atoms with Crippen LogP contribution in [0.4, 0.5) is 0 Å². The largest absolute Gasteiger partial charge is 0.481 e. The molecular formula is C14H20N2O5. The van der Waals surface area contributed by atoms with Crippen LogP contribution in [0.1, 0.15) is 25.7 Å². The highest BCUT2D eigenvalue weighted by molar-refractivity contribution is 5.89. The molecule has 2 heterocycles. The molecule has 2 aliphatic heterocycles. The van der Waals surface area contributed by atoms with E-state index in [4.69, 9.17) is 9.84 Å². The SMILES string of the molecule is O=C(O)CC1CN(C(=O)C2CC(=O)N(C3CC3)C2)CCO1. The minimum atomic E-state index is -0.926. The number of aliphatic carboxylic acids is 1. The predicted octanol–water partition coefficient (Wildman–Crippen LogP) is -0.301. The molecule has 1 saturated carbocycles. The smallest absolute Gasteiger partial charge is 0.306 e. The van der Waals surface area contributed by atoms with E-state index in [1.165, 1.54) is 0 Å². The lowest BCUT2D eigenvalue weighted by atomic mass is 10.1. The zero-order valence-electron chi connectivity index (χ0n) is 11.9. The molecule has 0 bridgehead atoms. The number of likely N-dealkylation sites (tertiary alicyclic amines) is 1. The first-order chi connectivity index (χ1) is 10.0. The minimum absolute atomic E-state index is 0.0369. The predicted molar refractivity (Wildman–Crippen MR) is 71.4 cm³/mol. The summed E-state index contributed by atoms with van der Waals surface area (Å²) in [5, 5.41) is 8.80. The summed E-state index contributed by atoms with van der Waals surface area (Å²) in [5.74, 6) is -1.16. The molecule has 1 N–H and O–H groups in total. The number of rotatable bonds is 4. The molecule has 0 radical (unpaired) electrons. The number of morpholine rings is 1. The van der Waals surface area contributed by atoms with Gasteiger partial charge in [-0.3, -0.25) is 14.4 Å². The molecule has 116 valence electrons. The van der Waals surface area contributed by atoms with Gasteiger partial charge in [-0.15, -0.1) is 0 Å². The maximum Gasteiger partial charge on any atom is 0.306 e. The van der Waals surface area contributed by atoms with E-state index in [1.807, 2.05) is 4.90 Å². The number of carboxylic acid groups (broad SMARTS) is 1. The van der Waals surface area contributed by atoms with Crippen LogP contribution in [0.5, 0.6) is 0 Å². The molecular weight excluding hydrogens is 276 g/mol. The Morgan fingerprint density at radius 3 is 2.71 bits per heavy atom. The summed E-state index contributed by atoms with van der Waals surface area (Å²) in [5.41, 5.74) is 0. The zero-order chi connectivity index (χ0) is 15.0. The van der Waals surface area contributed by atoms with Gasteiger partial charge in [0.15, 0.2) is 0 Å². The number of carbonyl (C=O) groups is 3. The number of carboxylic acids is 1. The van der Waals surface area contributed by atoms with E-state index in [9.17, 15) is 14.4 Å². The molecule has 2 saturated heterocycles. The maximum atomic E-state index is 12.5. The van der Waals surface area contributed by atoms with Gasteiger partial charge in [0.25, 0.3) is 0 Å². The fourth-order valence-corrected chi connectivity index (χ4v) is 3.13. The van der Waals surface area contributed by atoms with Gasteiger partial charge in [0, 0.05) is 32.1 Å². The fraction of sp³-hybridized carbons (Fsp3) is 0.786. The number of hydrogen-bond acceptors (Lipinski definition) is 4. The Kier molecular flexibility index (Phi) is 3.84. The lowest BCUT2D eigenvalue weighted by Crippen LogP contribution is -2.48. The van der Waals surface area contributed by atoms with Gasteiger partial charge in [-0.2, -0.15) is 0 Å². The van der Waals surface area contributed by atoms with E-state index in [0.717, 1.165) is 12.8 Å². The Morgan fingerprint density at radius 1 is 1.29 bits per heavy atom. The Morgan fingerprint density at radius 2 is 2.05 bits per heavy atom. The number of hydrogen-bond donors (Lipinski definition) is 1. The van der Waals surface area contributed by atoms with Crippen LogP contribution in [0.2, 0.25) is 0 Å². The fourth-order valence-electron chi connectivity index (χ4n) is 3.13. The molecule has 0 aromatic carbocycles. The van der Waals surface area contributed by atoms with Crippen LogP contribution in [-0.4, -0.2) is 71.1 Å². The first-order valence-electron chi connectivity index (χ1n) is 7.46. The third-order valence-electron chi connectivity index (χ3n) is 4.35. The second kappa shape index (κ2) is 5.63. The van der Waals surface area contributed by atoms with Gasteiger partial charge in [0.1, 0.15) is 0 Å². The highest BCUT2D eigenvalue weighted by atomic mass is 16.5. The molecule has 1 aliphatic carbocycles. The average Bonchev–Trinajstić information content (AvgIpc) is 3.20. The Balaban J connectivity index is 1.57. The first-order valence-corrected chi connectivity index (χ1v) is 7.46. The van der Waals surface area contributed by atoms with Crippen molar-refractivity contribution < 1.29 is 24.2 Å². The highest BCUT2D eigenvalue weighted by Crippen LogP contribution is 2.33. The molecule has 2 unspecified atom stereocenters. The van der Waals surface area contributed by atoms with Crippen molar-refractivity contribution in [3.63, 3.8) is 0 Å². The summed E-state index contributed by atoms with van der Waals surface area (Å²) in [7, 11) is 0. The standard InChI is InChI=1S/C14H20N2O5/c17-12-5-9(7-16(12)10-1-2-10)14(20)15-3-4-21-11(8-15)6-13(18)19/h9-11H,1-8H2,(H,18,19). The van der Waals surface area contributed by atoms with Gasteiger partial charge in [-0.1, -0.05) is 0 Å². The third-order valence-corrected chi connectivity index (χ3v) is 4.35. The quantitative estimate of drug-likeness (QED) is 0.769. The van der Waals surface area contributed by atoms with E-state index in [1.54, 1.807) is 4.90 Å². The van der Waals surface area contributed by atoms with Gasteiger partial charge in [0.05, 0.1) is 25.0 Å². The summed E-state index contributed by atoms with van der Waals surface area (Å²) in [6, 6.07) is 0.347. The van der Waals surface area contributed by atoms with Crippen LogP contribution in [0.25, 0.3) is 0 Å². The molecule has 0 aromatic heterocycles. The molecule has 2 atom stereocenters. The molecule has 3 fully saturated rings. The van der Waals surface area contributed by atoms with Gasteiger partial charge >= 0.3 is 5.97 Å². The summed E-state index contributed by atoms with van der Waals surface area (Å²) < 4.78 is 5.37. The molecule has 21 heavy (non-hydrogen) atoms. The van der Waals surface area contributed by atoms with E-state index >= 15 is 0 Å². The number of nitrogens with zero attached hydrogens (tertiary/aromatic N) is 2. The van der Waals surface area contributed by atoms with Crippen LogP contribution < -0.4 is 0 Å². The molecule has 0 spiro atoms. The van der Waals surface area contributed by atoms with Crippen molar-refractivity contribution >= 4 is 17.8 Å². The van der Waals surface area contributed by atoms with Crippen molar-refractivity contribution in [2.45, 2.75) is 37.8 Å². The molecule has 2 amide bonds. The first kappa shape index (κ1) is 14.3. The van der Waals surface area contributed by atoms with Crippen LogP contribution in [0.3, 0.4) is 0 Å². The van der Waals surface area contributed by atoms with Crippen LogP contribution in [0.15, 0.2) is 0 Å². The Labute approximate surface area is 122 Å². The van der Waals surface area contributed by atoms with Crippen molar-refractivity contribution in [1.29, 1.82) is 0 Å². The van der Waals surface area contributed by atoms with Crippen molar-refractivity contribution in [2.24, 2.45) is 5.92 Å². The zero-order valence-corrected chi connectivity index (χ0v) is 11.9. The number of ether oxygens (including phenoxy) is 1. The lowest BCUT2D eigenvalue weighted by molar-refractivity contribution is -0.149. The second-order valence-corrected chi connectivity index (χ2v) is 6.05. The summed E-state index contributed by atoms with van der Waals surface area (Å²) in [6.45, 7) is 1.66. The third kappa shape index (κ3) is 3.18. The molecule has 3 rings (SSSR count). The monoisotopic (exact) mass is 296 g/mol. The summed E-state index contributed by atoms with van der Waals surface area (Å²) in [4.78, 5) is 38.6. The molecule has 7 nitrogen and oxygen atoms in total. The van der Waals surface area contributed by atoms with Crippen LogP contribution in [-0.2, 0) is 19.1 Å². The van der Waals surface area contributed by atoms with Gasteiger partial charge in [-0.05, 0) is 12.8 Å². The molecule has 0 aromatic rings. The van der Waals surface area contributed by atoms with Crippen molar-refractivity contribution in [2.75, 3.05) is 26.2 Å². The van der Waals surface area contributed by atoms with Gasteiger partial charge in [-0.25, -0.2) is 0 Å². The topological polar surface area (TPSA) is 87.2 Å². The lowest BCUT2D eigenvalue weighted by Gasteiger charge is -2.33. The number of carbonyl (C=O) groups excluding carboxylic acids is 2. The van der Waals surface area contributed by atoms with Crippen molar-refractivity contribution in [3.8, 4) is 0 Å². The Hall–Kier alpha value is -1.63. The molecule has 3 aliphatic rings. The number of amides is 2. The van der Waals surface area contributed by atoms with E-state index < -0.39 is 12.1 Å². The maximum absolute atomic E-state index is 12.5. The normalized spacial score (nSPS) is 29.8. The Bertz CT molecular complexity index is 462.